The summed E-state index contributed by atoms with van der Waals surface area (Å²) in [5, 5.41) is 9.50. The summed E-state index contributed by atoms with van der Waals surface area (Å²) < 4.78 is 13.3. The third-order valence-corrected chi connectivity index (χ3v) is 15.6. The number of furan rings is 2. The molecule has 8 aromatic carbocycles. The molecule has 0 saturated heterocycles. The smallest absolute Gasteiger partial charge is 0.137 e. The van der Waals surface area contributed by atoms with Crippen LogP contribution in [0.3, 0.4) is 0 Å². The molecule has 0 radical (unpaired) electrons. The molecule has 0 aliphatic rings. The summed E-state index contributed by atoms with van der Waals surface area (Å²) in [6.07, 6.45) is 0. The second kappa shape index (κ2) is 13.6. The van der Waals surface area contributed by atoms with Crippen LogP contribution < -0.4 is 20.2 Å². The lowest BCUT2D eigenvalue weighted by molar-refractivity contribution is 0.668. The summed E-state index contributed by atoms with van der Waals surface area (Å²) in [5.41, 5.74) is 10.0. The first kappa shape index (κ1) is 36.0. The van der Waals surface area contributed by atoms with E-state index in [2.05, 4.69) is 219 Å². The molecule has 10 aromatic rings. The average Bonchev–Trinajstić information content (AvgIpc) is 3.76. The van der Waals surface area contributed by atoms with E-state index >= 15 is 0 Å². The standard InChI is InChI=1S/C52H46N2O2Si2/c1-57(2,3)43-23-17-39(18-24-43)53(37-13-9-7-10-14-37)41-21-27-45-47-29-35-32-50-48(30-36(35)31-49(47)55-51(45)33-41)46-28-22-42(34-52(46)56-50)54(38-15-11-8-12-16-38)40-19-25-44(26-20-40)58(4,5)6/h7-34H,1-6H3. The van der Waals surface area contributed by atoms with Gasteiger partial charge in [0.15, 0.2) is 0 Å². The van der Waals surface area contributed by atoms with Gasteiger partial charge in [-0.3, -0.25) is 0 Å². The molecule has 0 saturated carbocycles. The fourth-order valence-corrected chi connectivity index (χ4v) is 10.7. The molecule has 2 heterocycles. The van der Waals surface area contributed by atoms with Crippen LogP contribution in [-0.4, -0.2) is 16.1 Å². The molecule has 0 amide bonds. The quantitative estimate of drug-likeness (QED) is 0.144. The summed E-state index contributed by atoms with van der Waals surface area (Å²) >= 11 is 0. The molecular weight excluding hydrogens is 741 g/mol. The van der Waals surface area contributed by atoms with E-state index in [-0.39, 0.29) is 0 Å². The summed E-state index contributed by atoms with van der Waals surface area (Å²) in [6.45, 7) is 14.3. The van der Waals surface area contributed by atoms with Gasteiger partial charge in [0.1, 0.15) is 22.3 Å². The highest BCUT2D eigenvalue weighted by molar-refractivity contribution is 6.89. The first-order valence-corrected chi connectivity index (χ1v) is 27.2. The molecule has 0 unspecified atom stereocenters. The Morgan fingerprint density at radius 2 is 0.638 bits per heavy atom. The minimum absolute atomic E-state index is 0.863. The van der Waals surface area contributed by atoms with Gasteiger partial charge in [0.05, 0.1) is 16.1 Å². The zero-order chi connectivity index (χ0) is 39.8. The fourth-order valence-electron chi connectivity index (χ4n) is 8.32. The Morgan fingerprint density at radius 3 is 1.00 bits per heavy atom. The Hall–Kier alpha value is -6.35. The van der Waals surface area contributed by atoms with Crippen LogP contribution in [0.15, 0.2) is 179 Å². The highest BCUT2D eigenvalue weighted by Gasteiger charge is 2.21. The number of anilines is 6. The molecule has 284 valence electrons. The lowest BCUT2D eigenvalue weighted by Crippen LogP contribution is -2.37. The van der Waals surface area contributed by atoms with E-state index < -0.39 is 16.1 Å². The topological polar surface area (TPSA) is 32.8 Å². The minimum Gasteiger partial charge on any atom is -0.456 e. The molecule has 0 aliphatic carbocycles. The third kappa shape index (κ3) is 6.39. The maximum atomic E-state index is 6.67. The van der Waals surface area contributed by atoms with Crippen molar-refractivity contribution in [1.82, 2.24) is 0 Å². The first-order valence-electron chi connectivity index (χ1n) is 20.2. The molecular formula is C52H46N2O2Si2. The molecule has 0 atom stereocenters. The van der Waals surface area contributed by atoms with Gasteiger partial charge in [-0.1, -0.05) is 110 Å². The van der Waals surface area contributed by atoms with E-state index in [0.29, 0.717) is 0 Å². The van der Waals surface area contributed by atoms with Gasteiger partial charge >= 0.3 is 0 Å². The van der Waals surface area contributed by atoms with Gasteiger partial charge in [0.2, 0.25) is 0 Å². The van der Waals surface area contributed by atoms with Gasteiger partial charge < -0.3 is 18.6 Å². The van der Waals surface area contributed by atoms with Crippen molar-refractivity contribution in [2.75, 3.05) is 9.80 Å². The van der Waals surface area contributed by atoms with E-state index in [4.69, 9.17) is 8.83 Å². The number of hydrogen-bond acceptors (Lipinski definition) is 4. The normalized spacial score (nSPS) is 12.3. The SMILES string of the molecule is C[Si](C)(C)c1ccc(N(c2ccccc2)c2ccc3c(c2)oc2cc4cc5c(cc4cc23)oc2cc(N(c3ccccc3)c3ccc([Si](C)(C)C)cc3)ccc25)cc1. The van der Waals surface area contributed by atoms with Crippen LogP contribution in [0.4, 0.5) is 34.1 Å². The maximum Gasteiger partial charge on any atom is 0.137 e. The summed E-state index contributed by atoms with van der Waals surface area (Å²) in [6, 6.07) is 61.4. The highest BCUT2D eigenvalue weighted by atomic mass is 28.3. The summed E-state index contributed by atoms with van der Waals surface area (Å²) in [5.74, 6) is 0. The van der Waals surface area contributed by atoms with Crippen molar-refractivity contribution >= 4 is 115 Å². The van der Waals surface area contributed by atoms with Gasteiger partial charge in [-0.25, -0.2) is 0 Å². The van der Waals surface area contributed by atoms with E-state index in [0.717, 1.165) is 88.8 Å². The number of para-hydroxylation sites is 2. The van der Waals surface area contributed by atoms with E-state index in [9.17, 15) is 0 Å². The second-order valence-corrected chi connectivity index (χ2v) is 27.7. The largest absolute Gasteiger partial charge is 0.456 e. The molecule has 0 spiro atoms. The number of benzene rings is 8. The van der Waals surface area contributed by atoms with Crippen molar-refractivity contribution in [3.63, 3.8) is 0 Å². The molecule has 0 fully saturated rings. The molecule has 4 nitrogen and oxygen atoms in total. The lowest BCUT2D eigenvalue weighted by Gasteiger charge is -2.26. The van der Waals surface area contributed by atoms with E-state index in [1.807, 2.05) is 0 Å². The van der Waals surface area contributed by atoms with Crippen molar-refractivity contribution in [3.05, 3.63) is 170 Å². The number of rotatable bonds is 8. The van der Waals surface area contributed by atoms with Crippen molar-refractivity contribution in [2.45, 2.75) is 39.3 Å². The Bertz CT molecular complexity index is 2910. The number of fused-ring (bicyclic) bond motifs is 7. The van der Waals surface area contributed by atoms with E-state index in [1.54, 1.807) is 0 Å². The Morgan fingerprint density at radius 1 is 0.310 bits per heavy atom. The van der Waals surface area contributed by atoms with Gasteiger partial charge in [0.25, 0.3) is 0 Å². The predicted molar refractivity (Wildman–Crippen MR) is 254 cm³/mol. The van der Waals surface area contributed by atoms with Gasteiger partial charge in [-0.2, -0.15) is 0 Å². The van der Waals surface area contributed by atoms with Gasteiger partial charge in [-0.15, -0.1) is 0 Å². The van der Waals surface area contributed by atoms with Crippen molar-refractivity contribution in [2.24, 2.45) is 0 Å². The maximum absolute atomic E-state index is 6.67. The van der Waals surface area contributed by atoms with E-state index in [1.165, 1.54) is 10.4 Å². The fraction of sp³-hybridized carbons (Fsp3) is 0.115. The monoisotopic (exact) mass is 786 g/mol. The molecule has 0 bridgehead atoms. The summed E-state index contributed by atoms with van der Waals surface area (Å²) in [7, 11) is -2.86. The summed E-state index contributed by atoms with van der Waals surface area (Å²) in [4.78, 5) is 4.62. The van der Waals surface area contributed by atoms with Crippen molar-refractivity contribution < 1.29 is 8.83 Å². The van der Waals surface area contributed by atoms with Crippen LogP contribution in [0.1, 0.15) is 0 Å². The molecule has 58 heavy (non-hydrogen) atoms. The van der Waals surface area contributed by atoms with Gasteiger partial charge in [-0.05, 0) is 108 Å². The van der Waals surface area contributed by atoms with Crippen LogP contribution >= 0.6 is 0 Å². The average molecular weight is 787 g/mol. The Balaban J connectivity index is 1.04. The van der Waals surface area contributed by atoms with Crippen molar-refractivity contribution in [1.29, 1.82) is 0 Å². The van der Waals surface area contributed by atoms with Crippen LogP contribution in [-0.2, 0) is 0 Å². The molecule has 0 aliphatic heterocycles. The molecule has 2 aromatic heterocycles. The highest BCUT2D eigenvalue weighted by Crippen LogP contribution is 2.42. The van der Waals surface area contributed by atoms with Crippen molar-refractivity contribution in [3.8, 4) is 0 Å². The zero-order valence-electron chi connectivity index (χ0n) is 33.9. The predicted octanol–water partition coefficient (Wildman–Crippen LogP) is 14.7. The minimum atomic E-state index is -1.43. The zero-order valence-corrected chi connectivity index (χ0v) is 35.9. The number of hydrogen-bond donors (Lipinski definition) is 0. The lowest BCUT2D eigenvalue weighted by atomic mass is 10.0. The number of nitrogens with zero attached hydrogens (tertiary/aromatic N) is 2. The first-order chi connectivity index (χ1) is 28.0. The van der Waals surface area contributed by atoms with Crippen LogP contribution in [0.2, 0.25) is 39.3 Å². The molecule has 0 N–H and O–H groups in total. The van der Waals surface area contributed by atoms with Crippen LogP contribution in [0.25, 0.3) is 54.6 Å². The molecule has 10 rings (SSSR count). The Labute approximate surface area is 341 Å². The Kier molecular flexibility index (Phi) is 8.48. The van der Waals surface area contributed by atoms with Crippen LogP contribution in [0, 0.1) is 0 Å². The third-order valence-electron chi connectivity index (χ3n) is 11.5. The van der Waals surface area contributed by atoms with Crippen LogP contribution in [0.5, 0.6) is 0 Å². The molecule has 6 heteroatoms. The van der Waals surface area contributed by atoms with Gasteiger partial charge in [0, 0.05) is 67.8 Å². The second-order valence-electron chi connectivity index (χ2n) is 17.5.